The fourth-order valence-electron chi connectivity index (χ4n) is 2.58. The zero-order valence-corrected chi connectivity index (χ0v) is 15.8. The minimum Gasteiger partial charge on any atom is -0.444 e. The van der Waals surface area contributed by atoms with Gasteiger partial charge in [0.25, 0.3) is 0 Å². The van der Waals surface area contributed by atoms with Crippen molar-refractivity contribution in [3.63, 3.8) is 0 Å². The van der Waals surface area contributed by atoms with Gasteiger partial charge in [0.15, 0.2) is 0 Å². The number of nitrogens with zero attached hydrogens (tertiary/aromatic N) is 1. The van der Waals surface area contributed by atoms with Gasteiger partial charge in [-0.1, -0.05) is 6.08 Å². The fraction of sp³-hybridized carbons (Fsp3) is 0.400. The van der Waals surface area contributed by atoms with E-state index in [1.165, 1.54) is 6.07 Å². The lowest BCUT2D eigenvalue weighted by Gasteiger charge is -2.19. The van der Waals surface area contributed by atoms with E-state index in [0.717, 1.165) is 16.6 Å². The van der Waals surface area contributed by atoms with Crippen molar-refractivity contribution in [1.82, 2.24) is 5.32 Å². The average Bonchev–Trinajstić information content (AvgIpc) is 2.52. The zero-order valence-electron chi connectivity index (χ0n) is 15.8. The molecule has 0 radical (unpaired) electrons. The number of hydrogen-bond acceptors (Lipinski definition) is 5. The van der Waals surface area contributed by atoms with Gasteiger partial charge in [0.1, 0.15) is 11.2 Å². The molecule has 2 aromatic rings. The van der Waals surface area contributed by atoms with E-state index in [1.54, 1.807) is 6.08 Å². The Labute approximate surface area is 153 Å². The van der Waals surface area contributed by atoms with E-state index >= 15 is 0 Å². The first-order valence-corrected chi connectivity index (χ1v) is 8.55. The minimum absolute atomic E-state index is 0.367. The second-order valence-corrected chi connectivity index (χ2v) is 7.12. The summed E-state index contributed by atoms with van der Waals surface area (Å²) in [6, 6.07) is 7.20. The lowest BCUT2D eigenvalue weighted by atomic mass is 10.1. The Morgan fingerprint density at radius 1 is 1.35 bits per heavy atom. The molecule has 0 aliphatic carbocycles. The van der Waals surface area contributed by atoms with Crippen LogP contribution in [0.25, 0.3) is 11.0 Å². The molecule has 6 heteroatoms. The summed E-state index contributed by atoms with van der Waals surface area (Å²) in [5.41, 5.74) is 1.33. The summed E-state index contributed by atoms with van der Waals surface area (Å²) in [6.07, 6.45) is 1.83. The van der Waals surface area contributed by atoms with Crippen LogP contribution in [0.15, 0.2) is 46.1 Å². The lowest BCUT2D eigenvalue weighted by molar-refractivity contribution is 0.0528. The Balaban J connectivity index is 2.16. The molecule has 0 saturated carbocycles. The summed E-state index contributed by atoms with van der Waals surface area (Å²) < 4.78 is 10.6. The van der Waals surface area contributed by atoms with Gasteiger partial charge in [-0.2, -0.15) is 0 Å². The third-order valence-electron chi connectivity index (χ3n) is 3.72. The van der Waals surface area contributed by atoms with Crippen LogP contribution in [0.1, 0.15) is 26.3 Å². The summed E-state index contributed by atoms with van der Waals surface area (Å²) >= 11 is 0. The van der Waals surface area contributed by atoms with Crippen LogP contribution in [0.5, 0.6) is 0 Å². The number of rotatable bonds is 6. The van der Waals surface area contributed by atoms with Crippen LogP contribution >= 0.6 is 0 Å². The highest BCUT2D eigenvalue weighted by molar-refractivity contribution is 5.83. The Morgan fingerprint density at radius 3 is 2.73 bits per heavy atom. The number of ether oxygens (including phenoxy) is 1. The number of amides is 1. The quantitative estimate of drug-likeness (QED) is 0.632. The minimum atomic E-state index is -0.543. The van der Waals surface area contributed by atoms with Gasteiger partial charge in [0.05, 0.1) is 0 Å². The predicted molar refractivity (Wildman–Crippen MR) is 104 cm³/mol. The maximum Gasteiger partial charge on any atom is 0.407 e. The standard InChI is InChI=1S/C20H26N2O4/c1-6-11-22(5)15-7-8-16-14(12-18(23)25-17(16)13-15)9-10-21-19(24)26-20(2,3)4/h6-8,12-13H,1,9-11H2,2-5H3,(H,21,24). The van der Waals surface area contributed by atoms with Crippen LogP contribution < -0.4 is 15.8 Å². The van der Waals surface area contributed by atoms with Crippen molar-refractivity contribution in [2.24, 2.45) is 0 Å². The summed E-state index contributed by atoms with van der Waals surface area (Å²) in [4.78, 5) is 25.6. The number of fused-ring (bicyclic) bond motifs is 1. The van der Waals surface area contributed by atoms with Gasteiger partial charge in [-0.15, -0.1) is 6.58 Å². The molecule has 0 unspecified atom stereocenters. The first-order chi connectivity index (χ1) is 12.2. The third kappa shape index (κ3) is 5.37. The van der Waals surface area contributed by atoms with Crippen molar-refractivity contribution in [1.29, 1.82) is 0 Å². The van der Waals surface area contributed by atoms with Crippen molar-refractivity contribution in [2.45, 2.75) is 32.8 Å². The van der Waals surface area contributed by atoms with Crippen molar-refractivity contribution >= 4 is 22.7 Å². The van der Waals surface area contributed by atoms with E-state index in [4.69, 9.17) is 9.15 Å². The average molecular weight is 358 g/mol. The number of anilines is 1. The summed E-state index contributed by atoms with van der Waals surface area (Å²) in [7, 11) is 1.94. The molecule has 1 N–H and O–H groups in total. The number of benzene rings is 1. The molecule has 1 amide bonds. The van der Waals surface area contributed by atoms with Crippen molar-refractivity contribution in [2.75, 3.05) is 25.0 Å². The van der Waals surface area contributed by atoms with E-state index in [2.05, 4.69) is 11.9 Å². The monoisotopic (exact) mass is 358 g/mol. The number of likely N-dealkylation sites (N-methyl/N-ethyl adjacent to an activating group) is 1. The lowest BCUT2D eigenvalue weighted by Crippen LogP contribution is -2.33. The molecule has 2 rings (SSSR count). The largest absolute Gasteiger partial charge is 0.444 e. The normalized spacial score (nSPS) is 11.2. The third-order valence-corrected chi connectivity index (χ3v) is 3.72. The molecule has 1 aromatic carbocycles. The van der Waals surface area contributed by atoms with Crippen molar-refractivity contribution < 1.29 is 13.9 Å². The molecule has 0 spiro atoms. The number of carbonyl (C=O) groups excluding carboxylic acids is 1. The van der Waals surface area contributed by atoms with Crippen molar-refractivity contribution in [3.05, 3.63) is 52.9 Å². The Kier molecular flexibility index (Phi) is 6.08. The highest BCUT2D eigenvalue weighted by Crippen LogP contribution is 2.23. The van der Waals surface area contributed by atoms with Gasteiger partial charge in [0.2, 0.25) is 0 Å². The Hall–Kier alpha value is -2.76. The number of alkyl carbamates (subject to hydrolysis) is 1. The molecule has 6 nitrogen and oxygen atoms in total. The smallest absolute Gasteiger partial charge is 0.407 e. The molecule has 26 heavy (non-hydrogen) atoms. The van der Waals surface area contributed by atoms with E-state index in [9.17, 15) is 9.59 Å². The summed E-state index contributed by atoms with van der Waals surface area (Å²) in [5.74, 6) is 0. The van der Waals surface area contributed by atoms with Gasteiger partial charge in [-0.3, -0.25) is 0 Å². The molecule has 1 heterocycles. The van der Waals surface area contributed by atoms with Crippen molar-refractivity contribution in [3.8, 4) is 0 Å². The predicted octanol–water partition coefficient (Wildman–Crippen LogP) is 3.48. The second kappa shape index (κ2) is 8.08. The topological polar surface area (TPSA) is 71.8 Å². The van der Waals surface area contributed by atoms with Crippen LogP contribution in [0.4, 0.5) is 10.5 Å². The maximum atomic E-state index is 11.9. The Bertz CT molecular complexity index is 849. The highest BCUT2D eigenvalue weighted by Gasteiger charge is 2.16. The van der Waals surface area contributed by atoms with Gasteiger partial charge in [-0.05, 0) is 44.9 Å². The Morgan fingerprint density at radius 2 is 2.08 bits per heavy atom. The van der Waals surface area contributed by atoms with E-state index < -0.39 is 17.3 Å². The number of carbonyl (C=O) groups is 1. The van der Waals surface area contributed by atoms with Crippen LogP contribution in [-0.2, 0) is 11.2 Å². The number of nitrogens with one attached hydrogen (secondary N) is 1. The van der Waals surface area contributed by atoms with E-state index in [1.807, 2.05) is 50.9 Å². The van der Waals surface area contributed by atoms with E-state index in [0.29, 0.717) is 25.1 Å². The molecule has 1 aromatic heterocycles. The molecular formula is C20H26N2O4. The first-order valence-electron chi connectivity index (χ1n) is 8.55. The molecule has 0 bridgehead atoms. The van der Waals surface area contributed by atoms with Gasteiger partial charge < -0.3 is 19.4 Å². The SMILES string of the molecule is C=CCN(C)c1ccc2c(CCNC(=O)OC(C)(C)C)cc(=O)oc2c1. The molecule has 0 aliphatic rings. The van der Waals surface area contributed by atoms with Gasteiger partial charge in [-0.25, -0.2) is 9.59 Å². The maximum absolute atomic E-state index is 11.9. The summed E-state index contributed by atoms with van der Waals surface area (Å²) in [5, 5.41) is 3.56. The molecule has 0 saturated heterocycles. The van der Waals surface area contributed by atoms with Gasteiger partial charge >= 0.3 is 11.7 Å². The zero-order chi connectivity index (χ0) is 19.3. The molecule has 0 atom stereocenters. The summed E-state index contributed by atoms with van der Waals surface area (Å²) in [6.45, 7) is 10.2. The molecule has 140 valence electrons. The van der Waals surface area contributed by atoms with Crippen LogP contribution in [0.3, 0.4) is 0 Å². The molecule has 0 fully saturated rings. The fourth-order valence-corrected chi connectivity index (χ4v) is 2.58. The van der Waals surface area contributed by atoms with Crippen LogP contribution in [-0.4, -0.2) is 31.8 Å². The van der Waals surface area contributed by atoms with E-state index in [-0.39, 0.29) is 0 Å². The van der Waals surface area contributed by atoms with Crippen LogP contribution in [0, 0.1) is 0 Å². The first kappa shape index (κ1) is 19.6. The van der Waals surface area contributed by atoms with Gasteiger partial charge in [0, 0.05) is 43.3 Å². The molecule has 0 aliphatic heterocycles. The number of hydrogen-bond donors (Lipinski definition) is 1. The van der Waals surface area contributed by atoms with Crippen LogP contribution in [0.2, 0.25) is 0 Å². The second-order valence-electron chi connectivity index (χ2n) is 7.12. The molecular weight excluding hydrogens is 332 g/mol. The highest BCUT2D eigenvalue weighted by atomic mass is 16.6.